The Kier molecular flexibility index (Phi) is 11.8. The summed E-state index contributed by atoms with van der Waals surface area (Å²) in [6, 6.07) is 10.9. The van der Waals surface area contributed by atoms with Crippen LogP contribution in [0.25, 0.3) is 11.1 Å². The summed E-state index contributed by atoms with van der Waals surface area (Å²) in [5.41, 5.74) is 0.571. The number of rotatable bonds is 12. The molecule has 0 saturated carbocycles. The topological polar surface area (TPSA) is 245 Å². The molecular weight excluding hydrogens is 759 g/mol. The lowest BCUT2D eigenvalue weighted by Crippen LogP contribution is -2.58. The number of amides is 8. The van der Waals surface area contributed by atoms with Crippen molar-refractivity contribution >= 4 is 67.8 Å². The highest BCUT2D eigenvalue weighted by molar-refractivity contribution is 7.89. The molecule has 288 valence electrons. The van der Waals surface area contributed by atoms with Crippen LogP contribution in [0.15, 0.2) is 97.0 Å². The molecule has 0 bridgehead atoms. The van der Waals surface area contributed by atoms with Gasteiger partial charge < -0.3 is 0 Å². The van der Waals surface area contributed by atoms with E-state index >= 15 is 0 Å². The van der Waals surface area contributed by atoms with E-state index in [0.717, 1.165) is 31.8 Å². The fourth-order valence-corrected chi connectivity index (χ4v) is 7.76. The predicted molar refractivity (Wildman–Crippen MR) is 193 cm³/mol. The monoisotopic (exact) mass is 793 g/mol. The first kappa shape index (κ1) is 40.1. The Bertz CT molecular complexity index is 2290. The smallest absolute Gasteiger partial charge is 0.271 e. The molecule has 5 rings (SSSR count). The van der Waals surface area contributed by atoms with Crippen molar-refractivity contribution < 1.29 is 45.6 Å². The van der Waals surface area contributed by atoms with Gasteiger partial charge >= 0.3 is 12.1 Å². The second-order valence-corrected chi connectivity index (χ2v) is 15.3. The molecule has 2 fully saturated rings. The molecule has 0 aromatic heterocycles. The third-order valence-corrected chi connectivity index (χ3v) is 11.2. The number of hydrogen-bond donors (Lipinski definition) is 2. The Morgan fingerprint density at radius 3 is 1.60 bits per heavy atom. The Balaban J connectivity index is 1.54. The second kappa shape index (κ2) is 16.1. The van der Waals surface area contributed by atoms with Gasteiger partial charge in [-0.2, -0.15) is 20.5 Å². The zero-order valence-corrected chi connectivity index (χ0v) is 31.7. The Morgan fingerprint density at radius 2 is 1.13 bits per heavy atom. The molecule has 3 aromatic carbocycles. The van der Waals surface area contributed by atoms with Gasteiger partial charge in [0.2, 0.25) is 22.1 Å². The first-order valence-corrected chi connectivity index (χ1v) is 19.1. The second-order valence-electron chi connectivity index (χ2n) is 12.6. The molecule has 21 heteroatoms. The van der Waals surface area contributed by atoms with E-state index in [1.54, 1.807) is 6.92 Å². The standard InChI is InChI=1S/C34H35N9O10S2/c1-19(11-12-20-9-7-6-8-10-20)39-55(52,53)26-18-22(36-38-28-31(46)42(4)34(49)43(5)32(28)47)14-16-24(26)23-15-13-21(17-25(23)54(50)51)35-37-27-29(44)40(2)33(48)41(3)30(27)45/h6-10,13-19,27-28,39,54H,11-12H2,1-5H3. The van der Waals surface area contributed by atoms with Gasteiger partial charge in [0.1, 0.15) is 0 Å². The summed E-state index contributed by atoms with van der Waals surface area (Å²) in [6.45, 7) is 1.66. The molecule has 55 heavy (non-hydrogen) atoms. The van der Waals surface area contributed by atoms with Gasteiger partial charge in [-0.05, 0) is 49.6 Å². The largest absolute Gasteiger partial charge is 0.333 e. The van der Waals surface area contributed by atoms with Gasteiger partial charge in [-0.1, -0.05) is 42.5 Å². The highest BCUT2D eigenvalue weighted by Gasteiger charge is 2.44. The Labute approximate surface area is 316 Å². The normalized spacial score (nSPS) is 17.2. The lowest BCUT2D eigenvalue weighted by Gasteiger charge is -2.30. The van der Waals surface area contributed by atoms with Gasteiger partial charge in [-0.25, -0.2) is 31.1 Å². The van der Waals surface area contributed by atoms with Crippen LogP contribution >= 0.6 is 0 Å². The number of urea groups is 2. The van der Waals surface area contributed by atoms with Crippen LogP contribution in [-0.2, 0) is 46.3 Å². The molecule has 1 unspecified atom stereocenters. The maximum Gasteiger partial charge on any atom is 0.333 e. The minimum atomic E-state index is -4.46. The summed E-state index contributed by atoms with van der Waals surface area (Å²) in [6.07, 6.45) is 0.935. The molecule has 19 nitrogen and oxygen atoms in total. The van der Waals surface area contributed by atoms with E-state index < -0.39 is 84.3 Å². The average Bonchev–Trinajstić information content (AvgIpc) is 3.17. The number of hydrogen-bond acceptors (Lipinski definition) is 14. The van der Waals surface area contributed by atoms with E-state index in [4.69, 9.17) is 0 Å². The Morgan fingerprint density at radius 1 is 0.673 bits per heavy atom. The van der Waals surface area contributed by atoms with Crippen LogP contribution in [0.1, 0.15) is 18.9 Å². The van der Waals surface area contributed by atoms with Crippen LogP contribution < -0.4 is 4.72 Å². The minimum absolute atomic E-state index is 0.0786. The summed E-state index contributed by atoms with van der Waals surface area (Å²) < 4.78 is 56.0. The van der Waals surface area contributed by atoms with Crippen LogP contribution in [0, 0.1) is 0 Å². The predicted octanol–water partition coefficient (Wildman–Crippen LogP) is 2.63. The van der Waals surface area contributed by atoms with Crippen LogP contribution in [0.4, 0.5) is 21.0 Å². The first-order chi connectivity index (χ1) is 25.9. The zero-order valence-electron chi connectivity index (χ0n) is 30.0. The molecule has 1 atom stereocenters. The van der Waals surface area contributed by atoms with Crippen molar-refractivity contribution in [2.24, 2.45) is 20.5 Å². The molecule has 2 saturated heterocycles. The molecule has 3 aromatic rings. The number of nitrogens with one attached hydrogen (secondary N) is 1. The van der Waals surface area contributed by atoms with Crippen molar-refractivity contribution in [3.63, 3.8) is 0 Å². The molecule has 0 spiro atoms. The van der Waals surface area contributed by atoms with E-state index in [9.17, 15) is 45.6 Å². The number of likely N-dealkylation sites (N-methyl/N-ethyl adjacent to an activating group) is 4. The van der Waals surface area contributed by atoms with Gasteiger partial charge in [0, 0.05) is 45.4 Å². The van der Waals surface area contributed by atoms with E-state index in [-0.39, 0.29) is 22.5 Å². The molecule has 1 N–H and O–H groups in total. The number of imide groups is 4. The molecule has 2 aliphatic heterocycles. The van der Waals surface area contributed by atoms with Crippen LogP contribution in [0.2, 0.25) is 0 Å². The maximum absolute atomic E-state index is 14.1. The number of barbiturate groups is 2. The minimum Gasteiger partial charge on any atom is -0.271 e. The summed E-state index contributed by atoms with van der Waals surface area (Å²) >= 11 is 0. The molecule has 2 heterocycles. The van der Waals surface area contributed by atoms with Crippen molar-refractivity contribution in [3.05, 3.63) is 72.3 Å². The van der Waals surface area contributed by atoms with Gasteiger partial charge in [0.05, 0.1) is 21.2 Å². The van der Waals surface area contributed by atoms with Crippen molar-refractivity contribution in [2.45, 2.75) is 47.7 Å². The third-order valence-electron chi connectivity index (χ3n) is 8.77. The van der Waals surface area contributed by atoms with Crippen LogP contribution in [0.3, 0.4) is 0 Å². The number of sulfonamides is 1. The molecule has 0 radical (unpaired) electrons. The first-order valence-electron chi connectivity index (χ1n) is 16.4. The van der Waals surface area contributed by atoms with Crippen molar-refractivity contribution in [2.75, 3.05) is 28.2 Å². The number of aryl methyl sites for hydroxylation is 1. The quantitative estimate of drug-likeness (QED) is 0.154. The molecular formula is C34H35N9O10S2. The van der Waals surface area contributed by atoms with Crippen molar-refractivity contribution in [1.29, 1.82) is 0 Å². The fourth-order valence-electron chi connectivity index (χ4n) is 5.61. The number of carbonyl (C=O) groups is 6. The van der Waals surface area contributed by atoms with E-state index in [2.05, 4.69) is 25.2 Å². The zero-order chi connectivity index (χ0) is 40.4. The third kappa shape index (κ3) is 8.37. The van der Waals surface area contributed by atoms with Crippen LogP contribution in [-0.4, -0.2) is 118 Å². The van der Waals surface area contributed by atoms with Crippen LogP contribution in [0.5, 0.6) is 0 Å². The van der Waals surface area contributed by atoms with Gasteiger partial charge in [-0.3, -0.25) is 38.8 Å². The summed E-state index contributed by atoms with van der Waals surface area (Å²) in [5.74, 6) is -3.76. The number of carbonyl (C=O) groups excluding carboxylic acids is 6. The van der Waals surface area contributed by atoms with Crippen molar-refractivity contribution in [3.8, 4) is 11.1 Å². The number of benzene rings is 3. The fraction of sp³-hybridized carbons (Fsp3) is 0.294. The molecule has 0 aliphatic carbocycles. The maximum atomic E-state index is 14.1. The SMILES string of the molecule is CC(CCc1ccccc1)NS(=O)(=O)c1cc(N=NC2C(=O)N(C)C(=O)N(C)C2=O)ccc1-c1ccc(N=NC2C(=O)N(C)C(=O)N(C)C2=O)cc1[SH](=O)=O. The van der Waals surface area contributed by atoms with Crippen molar-refractivity contribution in [1.82, 2.24) is 24.3 Å². The van der Waals surface area contributed by atoms with Gasteiger partial charge in [0.15, 0.2) is 10.7 Å². The van der Waals surface area contributed by atoms with Gasteiger partial charge in [0.25, 0.3) is 23.6 Å². The number of azo groups is 2. The molecule has 8 amide bonds. The summed E-state index contributed by atoms with van der Waals surface area (Å²) in [5, 5.41) is 15.4. The summed E-state index contributed by atoms with van der Waals surface area (Å²) in [4.78, 5) is 76.7. The lowest BCUT2D eigenvalue weighted by atomic mass is 10.0. The summed E-state index contributed by atoms with van der Waals surface area (Å²) in [7, 11) is -3.22. The van der Waals surface area contributed by atoms with E-state index in [1.807, 2.05) is 30.3 Å². The number of nitrogens with zero attached hydrogens (tertiary/aromatic N) is 8. The Hall–Kier alpha value is -6.06. The lowest BCUT2D eigenvalue weighted by molar-refractivity contribution is -0.144. The molecule has 2 aliphatic rings. The van der Waals surface area contributed by atoms with E-state index in [0.29, 0.717) is 32.4 Å². The van der Waals surface area contributed by atoms with Gasteiger partial charge in [-0.15, -0.1) is 0 Å². The average molecular weight is 794 g/mol. The van der Waals surface area contributed by atoms with E-state index in [1.165, 1.54) is 38.4 Å². The number of thiol groups is 1. The highest BCUT2D eigenvalue weighted by atomic mass is 32.2. The highest BCUT2D eigenvalue weighted by Crippen LogP contribution is 2.36.